The molecule has 2 aromatic carbocycles. The Morgan fingerprint density at radius 1 is 1.12 bits per heavy atom. The first-order valence-corrected chi connectivity index (χ1v) is 17.7. The topological polar surface area (TPSA) is 88.1 Å². The molecule has 0 radical (unpaired) electrons. The molecule has 2 N–H and O–H groups in total. The summed E-state index contributed by atoms with van der Waals surface area (Å²) in [5, 5.41) is 12.3. The number of carbonyl (C=O) groups is 1. The maximum atomic E-state index is 13.4. The van der Waals surface area contributed by atoms with Crippen molar-refractivity contribution in [2.24, 2.45) is 11.8 Å². The van der Waals surface area contributed by atoms with Gasteiger partial charge in [0.05, 0.1) is 24.0 Å². The molecule has 0 aromatic heterocycles. The van der Waals surface area contributed by atoms with Gasteiger partial charge in [-0.1, -0.05) is 17.7 Å². The number of hydrogen-bond acceptors (Lipinski definition) is 6. The SMILES string of the molecule is C=S1(=O)CCC[C@@]2(O)CCO[C@@H](C2)[C@@H]2CC[C@H]2CN2C[C@@]3(CCCc4cc(Cl)ccc43)COc3ccc(cc32)C(=O)N1. The number of hydrogen-bond donors (Lipinski definition) is 2. The van der Waals surface area contributed by atoms with Crippen molar-refractivity contribution >= 4 is 38.8 Å². The molecule has 7 rings (SSSR count). The smallest absolute Gasteiger partial charge is 0.262 e. The second-order valence-electron chi connectivity index (χ2n) is 13.4. The fraction of sp³-hybridized carbons (Fsp3) is 0.576. The highest BCUT2D eigenvalue weighted by Gasteiger charge is 2.47. The van der Waals surface area contributed by atoms with Crippen molar-refractivity contribution in [3.05, 3.63) is 58.1 Å². The average molecular weight is 613 g/mol. The zero-order valence-corrected chi connectivity index (χ0v) is 25.7. The molecule has 5 aliphatic rings. The van der Waals surface area contributed by atoms with Crippen LogP contribution in [0.3, 0.4) is 0 Å². The minimum atomic E-state index is -2.87. The van der Waals surface area contributed by atoms with Gasteiger partial charge in [-0.05, 0) is 111 Å². The van der Waals surface area contributed by atoms with Crippen LogP contribution >= 0.6 is 11.6 Å². The van der Waals surface area contributed by atoms with Gasteiger partial charge in [0.25, 0.3) is 5.91 Å². The predicted octanol–water partition coefficient (Wildman–Crippen LogP) is 4.90. The standard InChI is InChI=1S/C33H41ClN2O5S/c1-42(39)15-3-12-33(38)13-14-40-30(18-33)26-8-5-24(26)19-36-20-32(11-2-4-22-16-25(34)7-9-27(22)32)21-41-29-10-6-23(17-28(29)36)31(37)35-42/h6-7,9-10,16-17,24,26,30,38H,1-5,8,11-15,18-21H2,(H,35,37,39)/t24-,26+,30-,32-,33+,42?/m0/s1. The Balaban J connectivity index is 1.29. The third-order valence-electron chi connectivity index (χ3n) is 10.6. The minimum absolute atomic E-state index is 0.0137. The van der Waals surface area contributed by atoms with Crippen molar-refractivity contribution in [1.82, 2.24) is 4.72 Å². The van der Waals surface area contributed by atoms with Gasteiger partial charge in [-0.2, -0.15) is 0 Å². The van der Waals surface area contributed by atoms with Gasteiger partial charge in [0, 0.05) is 57.6 Å². The van der Waals surface area contributed by atoms with Crippen molar-refractivity contribution in [2.45, 2.75) is 74.9 Å². The van der Waals surface area contributed by atoms with E-state index >= 15 is 0 Å². The third kappa shape index (κ3) is 5.33. The van der Waals surface area contributed by atoms with Crippen molar-refractivity contribution < 1.29 is 23.6 Å². The van der Waals surface area contributed by atoms with Crippen LogP contribution in [0.15, 0.2) is 36.4 Å². The van der Waals surface area contributed by atoms with E-state index in [-0.39, 0.29) is 17.3 Å². The van der Waals surface area contributed by atoms with Crippen LogP contribution in [0.2, 0.25) is 5.02 Å². The number of ether oxygens (including phenoxy) is 2. The number of fused-ring (bicyclic) bond motifs is 7. The van der Waals surface area contributed by atoms with Crippen LogP contribution in [-0.2, 0) is 26.3 Å². The normalized spacial score (nSPS) is 36.5. The highest BCUT2D eigenvalue weighted by atomic mass is 35.5. The molecule has 7 nitrogen and oxygen atoms in total. The third-order valence-corrected chi connectivity index (χ3v) is 12.3. The van der Waals surface area contributed by atoms with Gasteiger partial charge >= 0.3 is 0 Å². The first-order chi connectivity index (χ1) is 20.1. The molecule has 1 unspecified atom stereocenters. The monoisotopic (exact) mass is 612 g/mol. The lowest BCUT2D eigenvalue weighted by Gasteiger charge is -2.49. The summed E-state index contributed by atoms with van der Waals surface area (Å²) in [6, 6.07) is 11.8. The minimum Gasteiger partial charge on any atom is -0.490 e. The van der Waals surface area contributed by atoms with E-state index in [1.165, 1.54) is 11.1 Å². The number of aryl methyl sites for hydroxylation is 1. The molecule has 6 atom stereocenters. The number of halogens is 1. The fourth-order valence-corrected chi connectivity index (χ4v) is 9.56. The highest BCUT2D eigenvalue weighted by Crippen LogP contribution is 2.48. The van der Waals surface area contributed by atoms with E-state index in [9.17, 15) is 14.1 Å². The average Bonchev–Trinajstić information content (AvgIpc) is 3.07. The summed E-state index contributed by atoms with van der Waals surface area (Å²) in [7, 11) is -2.87. The van der Waals surface area contributed by atoms with Crippen molar-refractivity contribution in [2.75, 3.05) is 37.0 Å². The molecule has 42 heavy (non-hydrogen) atoms. The van der Waals surface area contributed by atoms with Gasteiger partial charge in [-0.25, -0.2) is 4.21 Å². The van der Waals surface area contributed by atoms with Crippen LogP contribution < -0.4 is 14.4 Å². The van der Waals surface area contributed by atoms with Crippen LogP contribution in [0.5, 0.6) is 5.75 Å². The lowest BCUT2D eigenvalue weighted by atomic mass is 9.66. The Kier molecular flexibility index (Phi) is 7.28. The molecular formula is C33H41ClN2O5S. The van der Waals surface area contributed by atoms with Crippen LogP contribution in [0, 0.1) is 11.8 Å². The van der Waals surface area contributed by atoms with Gasteiger partial charge < -0.3 is 19.5 Å². The number of nitrogens with zero attached hydrogens (tertiary/aromatic N) is 1. The molecule has 4 bridgehead atoms. The maximum absolute atomic E-state index is 13.4. The zero-order valence-electron chi connectivity index (χ0n) is 24.1. The number of rotatable bonds is 0. The Bertz CT molecular complexity index is 1500. The molecule has 2 aromatic rings. The van der Waals surface area contributed by atoms with E-state index in [2.05, 4.69) is 27.6 Å². The van der Waals surface area contributed by atoms with E-state index in [0.717, 1.165) is 61.7 Å². The molecule has 2 fully saturated rings. The Hall–Kier alpha value is -2.26. The fourth-order valence-electron chi connectivity index (χ4n) is 8.20. The Morgan fingerprint density at radius 3 is 2.83 bits per heavy atom. The second-order valence-corrected chi connectivity index (χ2v) is 16.1. The Labute approximate surface area is 254 Å². The summed E-state index contributed by atoms with van der Waals surface area (Å²) >= 11 is 6.42. The second kappa shape index (κ2) is 10.7. The molecule has 9 heteroatoms. The summed E-state index contributed by atoms with van der Waals surface area (Å²) in [6.07, 6.45) is 7.52. The van der Waals surface area contributed by atoms with Crippen LogP contribution in [-0.4, -0.2) is 64.9 Å². The summed E-state index contributed by atoms with van der Waals surface area (Å²) in [5.74, 6) is 5.24. The molecule has 3 heterocycles. The lowest BCUT2D eigenvalue weighted by Crippen LogP contribution is -2.52. The van der Waals surface area contributed by atoms with Crippen LogP contribution in [0.25, 0.3) is 0 Å². The van der Waals surface area contributed by atoms with E-state index in [1.54, 1.807) is 6.07 Å². The van der Waals surface area contributed by atoms with E-state index in [1.807, 2.05) is 18.2 Å². The number of amides is 1. The van der Waals surface area contributed by atoms with Crippen LogP contribution in [0.4, 0.5) is 5.69 Å². The molecule has 3 aliphatic heterocycles. The Morgan fingerprint density at radius 2 is 2.00 bits per heavy atom. The maximum Gasteiger partial charge on any atom is 0.262 e. The van der Waals surface area contributed by atoms with Crippen LogP contribution in [0.1, 0.15) is 72.9 Å². The van der Waals surface area contributed by atoms with Gasteiger partial charge in [0.15, 0.2) is 0 Å². The van der Waals surface area contributed by atoms with Crippen molar-refractivity contribution in [1.29, 1.82) is 0 Å². The summed E-state index contributed by atoms with van der Waals surface area (Å²) in [6.45, 7) is 2.68. The van der Waals surface area contributed by atoms with Crippen molar-refractivity contribution in [3.63, 3.8) is 0 Å². The number of nitrogens with one attached hydrogen (secondary N) is 1. The summed E-state index contributed by atoms with van der Waals surface area (Å²) in [4.78, 5) is 15.8. The number of carbonyl (C=O) groups excluding carboxylic acids is 1. The molecule has 1 amide bonds. The van der Waals surface area contributed by atoms with Gasteiger partial charge in [-0.3, -0.25) is 9.52 Å². The van der Waals surface area contributed by atoms with Gasteiger partial charge in [0.1, 0.15) is 5.75 Å². The number of anilines is 1. The molecular weight excluding hydrogens is 572 g/mol. The lowest BCUT2D eigenvalue weighted by molar-refractivity contribution is -0.144. The first-order valence-electron chi connectivity index (χ1n) is 15.4. The molecule has 2 aliphatic carbocycles. The molecule has 226 valence electrons. The molecule has 1 saturated heterocycles. The van der Waals surface area contributed by atoms with E-state index < -0.39 is 21.2 Å². The molecule has 1 saturated carbocycles. The van der Waals surface area contributed by atoms with Gasteiger partial charge in [0.2, 0.25) is 0 Å². The number of aliphatic hydroxyl groups is 1. The zero-order chi connectivity index (χ0) is 29.1. The quantitative estimate of drug-likeness (QED) is 0.412. The van der Waals surface area contributed by atoms with Crippen molar-refractivity contribution in [3.8, 4) is 5.75 Å². The first kappa shape index (κ1) is 28.5. The van der Waals surface area contributed by atoms with E-state index in [4.69, 9.17) is 21.1 Å². The predicted molar refractivity (Wildman–Crippen MR) is 167 cm³/mol. The largest absolute Gasteiger partial charge is 0.490 e. The summed E-state index contributed by atoms with van der Waals surface area (Å²) < 4.78 is 28.9. The molecule has 1 spiro atoms. The summed E-state index contributed by atoms with van der Waals surface area (Å²) in [5.41, 5.74) is 2.89. The highest BCUT2D eigenvalue weighted by molar-refractivity contribution is 7.99. The van der Waals surface area contributed by atoms with E-state index in [0.29, 0.717) is 56.3 Å². The van der Waals surface area contributed by atoms with Gasteiger partial charge in [-0.15, -0.1) is 0 Å². The number of benzene rings is 2.